The van der Waals surface area contributed by atoms with Gasteiger partial charge in [-0.25, -0.2) is 0 Å². The van der Waals surface area contributed by atoms with E-state index in [0.29, 0.717) is 5.92 Å². The van der Waals surface area contributed by atoms with Gasteiger partial charge in [-0.3, -0.25) is 0 Å². The zero-order valence-corrected chi connectivity index (χ0v) is 20.0. The summed E-state index contributed by atoms with van der Waals surface area (Å²) in [5.41, 5.74) is 9.62. The average Bonchev–Trinajstić information content (AvgIpc) is 3.47. The Morgan fingerprint density at radius 2 is 1.19 bits per heavy atom. The van der Waals surface area contributed by atoms with Crippen molar-refractivity contribution in [1.29, 1.82) is 0 Å². The molecule has 0 saturated carbocycles. The second-order valence-electron chi connectivity index (χ2n) is 10.1. The fraction of sp³-hybridized carbons (Fsp3) is 0.0857. The van der Waals surface area contributed by atoms with Crippen molar-refractivity contribution >= 4 is 43.4 Å². The van der Waals surface area contributed by atoms with Crippen LogP contribution in [0.5, 0.6) is 0 Å². The molecule has 0 spiro atoms. The third kappa shape index (κ3) is 2.77. The van der Waals surface area contributed by atoms with Crippen molar-refractivity contribution in [3.05, 3.63) is 132 Å². The van der Waals surface area contributed by atoms with Gasteiger partial charge in [0, 0.05) is 27.6 Å². The van der Waals surface area contributed by atoms with Crippen LogP contribution in [-0.4, -0.2) is 4.98 Å². The first-order chi connectivity index (χ1) is 17.9. The lowest BCUT2D eigenvalue weighted by Gasteiger charge is -2.14. The highest BCUT2D eigenvalue weighted by Gasteiger charge is 2.29. The smallest absolute Gasteiger partial charge is 0.0551 e. The van der Waals surface area contributed by atoms with E-state index in [-0.39, 0.29) is 0 Å². The number of H-pyrrole nitrogens is 1. The first kappa shape index (κ1) is 19.9. The highest BCUT2D eigenvalue weighted by Crippen LogP contribution is 2.49. The van der Waals surface area contributed by atoms with E-state index in [0.717, 1.165) is 12.8 Å². The number of hydrogen-bond donors (Lipinski definition) is 1. The van der Waals surface area contributed by atoms with E-state index in [1.807, 2.05) is 0 Å². The second-order valence-corrected chi connectivity index (χ2v) is 10.1. The van der Waals surface area contributed by atoms with Crippen molar-refractivity contribution in [1.82, 2.24) is 4.98 Å². The second kappa shape index (κ2) is 7.57. The molecule has 0 saturated heterocycles. The van der Waals surface area contributed by atoms with Crippen molar-refractivity contribution in [2.75, 3.05) is 0 Å². The van der Waals surface area contributed by atoms with Crippen LogP contribution in [0.1, 0.15) is 29.0 Å². The predicted octanol–water partition coefficient (Wildman–Crippen LogP) is 9.37. The molecular weight excluding hydrogens is 434 g/mol. The minimum Gasteiger partial charge on any atom is -0.354 e. The molecule has 1 nitrogen and oxygen atoms in total. The maximum Gasteiger partial charge on any atom is 0.0551 e. The summed E-state index contributed by atoms with van der Waals surface area (Å²) in [6.45, 7) is 0. The van der Waals surface area contributed by atoms with E-state index >= 15 is 0 Å². The van der Waals surface area contributed by atoms with Crippen molar-refractivity contribution in [3.63, 3.8) is 0 Å². The zero-order chi connectivity index (χ0) is 23.6. The van der Waals surface area contributed by atoms with Crippen LogP contribution >= 0.6 is 0 Å². The van der Waals surface area contributed by atoms with E-state index in [1.54, 1.807) is 0 Å². The third-order valence-corrected chi connectivity index (χ3v) is 8.22. The first-order valence-corrected chi connectivity index (χ1v) is 12.9. The number of fused-ring (bicyclic) bond motifs is 11. The van der Waals surface area contributed by atoms with Crippen LogP contribution in [0.2, 0.25) is 0 Å². The summed E-state index contributed by atoms with van der Waals surface area (Å²) in [5, 5.41) is 7.92. The summed E-state index contributed by atoms with van der Waals surface area (Å²) in [6.07, 6.45) is 2.20. The highest BCUT2D eigenvalue weighted by molar-refractivity contribution is 6.31. The van der Waals surface area contributed by atoms with Crippen LogP contribution in [0.25, 0.3) is 54.5 Å². The van der Waals surface area contributed by atoms with Gasteiger partial charge in [0.05, 0.1) is 5.52 Å². The van der Waals surface area contributed by atoms with Gasteiger partial charge < -0.3 is 4.98 Å². The molecule has 0 bridgehead atoms. The molecule has 1 aliphatic rings. The molecule has 0 amide bonds. The van der Waals surface area contributed by atoms with Crippen LogP contribution in [0.3, 0.4) is 0 Å². The molecule has 7 aromatic rings. The Hall–Kier alpha value is -4.36. The molecular formula is C35H25N. The summed E-state index contributed by atoms with van der Waals surface area (Å²) in [6, 6.07) is 42.5. The van der Waals surface area contributed by atoms with Gasteiger partial charge in [-0.1, -0.05) is 103 Å². The van der Waals surface area contributed by atoms with Crippen molar-refractivity contribution in [2.45, 2.75) is 18.8 Å². The molecule has 1 unspecified atom stereocenters. The van der Waals surface area contributed by atoms with Gasteiger partial charge in [0.1, 0.15) is 0 Å². The fourth-order valence-electron chi connectivity index (χ4n) is 6.61. The van der Waals surface area contributed by atoms with Gasteiger partial charge in [0.15, 0.2) is 0 Å². The number of nitrogens with one attached hydrogen (secondary N) is 1. The Morgan fingerprint density at radius 1 is 0.528 bits per heavy atom. The van der Waals surface area contributed by atoms with Gasteiger partial charge >= 0.3 is 0 Å². The quantitative estimate of drug-likeness (QED) is 0.253. The van der Waals surface area contributed by atoms with Crippen LogP contribution in [0.4, 0.5) is 0 Å². The number of aryl methyl sites for hydroxylation is 1. The van der Waals surface area contributed by atoms with E-state index in [1.165, 1.54) is 71.2 Å². The Bertz CT molecular complexity index is 1940. The number of hydrogen-bond acceptors (Lipinski definition) is 0. The molecule has 1 aromatic heterocycles. The summed E-state index contributed by atoms with van der Waals surface area (Å²) in [5.74, 6) is 0.417. The zero-order valence-electron chi connectivity index (χ0n) is 20.0. The van der Waals surface area contributed by atoms with Crippen LogP contribution in [0.15, 0.2) is 115 Å². The minimum absolute atomic E-state index is 0.417. The van der Waals surface area contributed by atoms with Gasteiger partial charge in [-0.05, 0) is 69.0 Å². The summed E-state index contributed by atoms with van der Waals surface area (Å²) in [4.78, 5) is 3.86. The van der Waals surface area contributed by atoms with Crippen molar-refractivity contribution in [2.24, 2.45) is 0 Å². The summed E-state index contributed by atoms with van der Waals surface area (Å²) < 4.78 is 0. The Labute approximate surface area is 210 Å². The summed E-state index contributed by atoms with van der Waals surface area (Å²) in [7, 11) is 0. The van der Waals surface area contributed by atoms with Crippen molar-refractivity contribution in [3.8, 4) is 11.1 Å². The van der Waals surface area contributed by atoms with Crippen LogP contribution < -0.4 is 0 Å². The lowest BCUT2D eigenvalue weighted by atomic mass is 9.90. The first-order valence-electron chi connectivity index (χ1n) is 12.9. The lowest BCUT2D eigenvalue weighted by molar-refractivity contribution is 0.730. The maximum absolute atomic E-state index is 3.86. The highest BCUT2D eigenvalue weighted by atomic mass is 14.7. The van der Waals surface area contributed by atoms with Crippen LogP contribution in [0, 0.1) is 0 Å². The molecule has 1 heteroatoms. The molecule has 1 atom stereocenters. The molecule has 36 heavy (non-hydrogen) atoms. The third-order valence-electron chi connectivity index (χ3n) is 8.22. The fourth-order valence-corrected chi connectivity index (χ4v) is 6.61. The van der Waals surface area contributed by atoms with Gasteiger partial charge in [0.2, 0.25) is 0 Å². The average molecular weight is 460 g/mol. The summed E-state index contributed by atoms with van der Waals surface area (Å²) >= 11 is 0. The van der Waals surface area contributed by atoms with Crippen LogP contribution in [-0.2, 0) is 6.42 Å². The SMILES string of the molecule is c1ccc(CCC2c3ccccc3-c3cc4c(cc32)[nH]c2c3ccccc3c3ccccc3c42)cc1. The maximum atomic E-state index is 3.86. The minimum atomic E-state index is 0.417. The van der Waals surface area contributed by atoms with E-state index in [4.69, 9.17) is 0 Å². The lowest BCUT2D eigenvalue weighted by Crippen LogP contribution is -1.99. The van der Waals surface area contributed by atoms with Gasteiger partial charge in [-0.2, -0.15) is 0 Å². The largest absolute Gasteiger partial charge is 0.354 e. The Balaban J connectivity index is 1.40. The normalized spacial score (nSPS) is 14.6. The molecule has 0 fully saturated rings. The molecule has 8 rings (SSSR count). The molecule has 6 aromatic carbocycles. The molecule has 1 heterocycles. The Kier molecular flexibility index (Phi) is 4.18. The molecule has 170 valence electrons. The number of benzene rings is 6. The van der Waals surface area contributed by atoms with E-state index in [2.05, 4.69) is 120 Å². The standard InChI is InChI=1S/C35H25N/c1-2-10-22(11-3-1)18-19-27-23-12-4-5-15-26(23)30-20-32-33(21-31(27)30)36-35-29-17-9-7-14-25(29)24-13-6-8-16-28(24)34(32)35/h1-17,20-21,27,36H,18-19H2. The Morgan fingerprint density at radius 3 is 2.03 bits per heavy atom. The molecule has 1 aliphatic carbocycles. The van der Waals surface area contributed by atoms with Gasteiger partial charge in [-0.15, -0.1) is 0 Å². The van der Waals surface area contributed by atoms with Gasteiger partial charge in [0.25, 0.3) is 0 Å². The predicted molar refractivity (Wildman–Crippen MR) is 153 cm³/mol. The van der Waals surface area contributed by atoms with Crippen molar-refractivity contribution < 1.29 is 0 Å². The molecule has 0 radical (unpaired) electrons. The van der Waals surface area contributed by atoms with E-state index < -0.39 is 0 Å². The topological polar surface area (TPSA) is 15.8 Å². The number of aromatic amines is 1. The number of rotatable bonds is 3. The monoisotopic (exact) mass is 459 g/mol. The molecule has 1 N–H and O–H groups in total. The van der Waals surface area contributed by atoms with E-state index in [9.17, 15) is 0 Å². The number of aromatic nitrogens is 1. The molecule has 0 aliphatic heterocycles.